The Morgan fingerprint density at radius 2 is 0.967 bits per heavy atom. The van der Waals surface area contributed by atoms with Crippen LogP contribution in [0.4, 0.5) is 0 Å². The molecule has 6 fully saturated rings. The standard InChI is InChI=1S/C23H24O7/c1-3-7-18(8-4-1)22-25-12-20(13-26-22,14-27-22)11-24-21-15-28-23(29-16-21,30-17-21)19-9-5-2-6-10-19/h1-10H,11-17H2. The van der Waals surface area contributed by atoms with Crippen LogP contribution in [-0.2, 0) is 45.1 Å². The van der Waals surface area contributed by atoms with Crippen molar-refractivity contribution in [2.45, 2.75) is 17.5 Å². The summed E-state index contributed by atoms with van der Waals surface area (Å²) in [4.78, 5) is 0. The second-order valence-electron chi connectivity index (χ2n) is 8.55. The van der Waals surface area contributed by atoms with Crippen LogP contribution in [0.25, 0.3) is 0 Å². The first-order valence-corrected chi connectivity index (χ1v) is 10.2. The lowest BCUT2D eigenvalue weighted by Gasteiger charge is -2.54. The summed E-state index contributed by atoms with van der Waals surface area (Å²) in [5, 5.41) is 0. The molecule has 6 saturated heterocycles. The van der Waals surface area contributed by atoms with E-state index >= 15 is 0 Å². The molecule has 0 saturated carbocycles. The minimum absolute atomic E-state index is 0.364. The average Bonchev–Trinajstić information content (AvgIpc) is 2.86. The first kappa shape index (κ1) is 18.9. The lowest BCUT2D eigenvalue weighted by Crippen LogP contribution is -2.65. The lowest BCUT2D eigenvalue weighted by molar-refractivity contribution is -0.502. The molecule has 30 heavy (non-hydrogen) atoms. The topological polar surface area (TPSA) is 64.6 Å². The van der Waals surface area contributed by atoms with Crippen LogP contribution in [0, 0.1) is 5.41 Å². The minimum Gasteiger partial charge on any atom is -0.367 e. The highest BCUT2D eigenvalue weighted by Crippen LogP contribution is 2.46. The largest absolute Gasteiger partial charge is 0.367 e. The predicted octanol–water partition coefficient (Wildman–Crippen LogP) is 2.50. The van der Waals surface area contributed by atoms with Crippen molar-refractivity contribution < 1.29 is 33.2 Å². The Labute approximate surface area is 174 Å². The smallest absolute Gasteiger partial charge is 0.312 e. The first-order valence-electron chi connectivity index (χ1n) is 10.2. The van der Waals surface area contributed by atoms with Crippen LogP contribution in [0.5, 0.6) is 0 Å². The van der Waals surface area contributed by atoms with Crippen molar-refractivity contribution in [3.8, 4) is 0 Å². The molecule has 0 unspecified atom stereocenters. The van der Waals surface area contributed by atoms with Gasteiger partial charge in [-0.2, -0.15) is 0 Å². The summed E-state index contributed by atoms with van der Waals surface area (Å²) >= 11 is 0. The predicted molar refractivity (Wildman–Crippen MR) is 103 cm³/mol. The van der Waals surface area contributed by atoms with Gasteiger partial charge >= 0.3 is 11.9 Å². The van der Waals surface area contributed by atoms with E-state index in [1.807, 2.05) is 60.7 Å². The van der Waals surface area contributed by atoms with E-state index < -0.39 is 17.5 Å². The highest BCUT2D eigenvalue weighted by molar-refractivity contribution is 5.21. The molecule has 0 radical (unpaired) electrons. The fourth-order valence-electron chi connectivity index (χ4n) is 4.26. The third kappa shape index (κ3) is 2.93. The molecule has 0 N–H and O–H groups in total. The van der Waals surface area contributed by atoms with Crippen molar-refractivity contribution >= 4 is 0 Å². The van der Waals surface area contributed by atoms with E-state index in [-0.39, 0.29) is 5.41 Å². The molecule has 0 spiro atoms. The highest BCUT2D eigenvalue weighted by atomic mass is 16.9. The molecule has 0 atom stereocenters. The van der Waals surface area contributed by atoms with Crippen LogP contribution in [0.2, 0.25) is 0 Å². The third-order valence-electron chi connectivity index (χ3n) is 6.22. The number of rotatable bonds is 5. The van der Waals surface area contributed by atoms with Gasteiger partial charge in [-0.25, -0.2) is 0 Å². The Bertz CT molecular complexity index is 776. The molecule has 0 aromatic heterocycles. The van der Waals surface area contributed by atoms with E-state index in [9.17, 15) is 0 Å². The summed E-state index contributed by atoms with van der Waals surface area (Å²) in [6.07, 6.45) is 0. The second kappa shape index (κ2) is 6.83. The van der Waals surface area contributed by atoms with Crippen molar-refractivity contribution in [2.24, 2.45) is 5.41 Å². The number of ether oxygens (including phenoxy) is 7. The molecule has 6 aliphatic rings. The number of hydrogen-bond acceptors (Lipinski definition) is 7. The summed E-state index contributed by atoms with van der Waals surface area (Å²) in [5.74, 6) is -2.24. The van der Waals surface area contributed by atoms with Gasteiger partial charge < -0.3 is 33.2 Å². The van der Waals surface area contributed by atoms with Gasteiger partial charge in [0.05, 0.1) is 51.7 Å². The van der Waals surface area contributed by atoms with E-state index in [0.717, 1.165) is 11.1 Å². The SMILES string of the molecule is c1ccc(C23OCC(COC45COC(c6ccccc6)(OC4)OC5)(CO2)CO3)cc1. The first-order chi connectivity index (χ1) is 14.7. The van der Waals surface area contributed by atoms with Gasteiger partial charge in [0.25, 0.3) is 0 Å². The normalized spacial score (nSPS) is 39.9. The Morgan fingerprint density at radius 1 is 0.567 bits per heavy atom. The minimum atomic E-state index is -1.13. The summed E-state index contributed by atoms with van der Waals surface area (Å²) < 4.78 is 42.3. The molecule has 7 heteroatoms. The van der Waals surface area contributed by atoms with Gasteiger partial charge in [-0.15, -0.1) is 0 Å². The van der Waals surface area contributed by atoms with Crippen molar-refractivity contribution in [3.05, 3.63) is 71.8 Å². The van der Waals surface area contributed by atoms with E-state index in [2.05, 4.69) is 0 Å². The van der Waals surface area contributed by atoms with Gasteiger partial charge in [-0.1, -0.05) is 60.7 Å². The second-order valence-corrected chi connectivity index (χ2v) is 8.55. The number of benzene rings is 2. The summed E-state index contributed by atoms with van der Waals surface area (Å²) in [6, 6.07) is 19.4. The average molecular weight is 412 g/mol. The Hall–Kier alpha value is -1.84. The van der Waals surface area contributed by atoms with Crippen molar-refractivity contribution in [2.75, 3.05) is 46.2 Å². The lowest BCUT2D eigenvalue weighted by atomic mass is 9.88. The fourth-order valence-corrected chi connectivity index (χ4v) is 4.26. The number of hydrogen-bond donors (Lipinski definition) is 0. The molecule has 6 aliphatic heterocycles. The molecule has 4 bridgehead atoms. The molecule has 6 heterocycles. The molecular formula is C23H24O7. The van der Waals surface area contributed by atoms with Gasteiger partial charge in [-0.05, 0) is 0 Å². The van der Waals surface area contributed by atoms with Crippen molar-refractivity contribution in [1.82, 2.24) is 0 Å². The van der Waals surface area contributed by atoms with Crippen LogP contribution in [0.1, 0.15) is 11.1 Å². The van der Waals surface area contributed by atoms with Gasteiger partial charge in [0.2, 0.25) is 0 Å². The van der Waals surface area contributed by atoms with E-state index in [1.165, 1.54) is 0 Å². The zero-order valence-electron chi connectivity index (χ0n) is 16.6. The van der Waals surface area contributed by atoms with Gasteiger partial charge in [0.15, 0.2) is 0 Å². The number of fused-ring (bicyclic) bond motifs is 6. The monoisotopic (exact) mass is 412 g/mol. The molecule has 8 rings (SSSR count). The van der Waals surface area contributed by atoms with E-state index in [0.29, 0.717) is 46.2 Å². The van der Waals surface area contributed by atoms with Crippen molar-refractivity contribution in [3.63, 3.8) is 0 Å². The summed E-state index contributed by atoms with van der Waals surface area (Å²) in [5.41, 5.74) is 0.710. The Kier molecular flexibility index (Phi) is 4.30. The molecule has 158 valence electrons. The maximum absolute atomic E-state index is 6.32. The van der Waals surface area contributed by atoms with Crippen LogP contribution >= 0.6 is 0 Å². The van der Waals surface area contributed by atoms with E-state index in [1.54, 1.807) is 0 Å². The zero-order chi connectivity index (χ0) is 20.1. The maximum atomic E-state index is 6.32. The summed E-state index contributed by atoms with van der Waals surface area (Å²) in [7, 11) is 0. The zero-order valence-corrected chi connectivity index (χ0v) is 16.6. The quantitative estimate of drug-likeness (QED) is 0.748. The van der Waals surface area contributed by atoms with Crippen LogP contribution in [-0.4, -0.2) is 51.8 Å². The van der Waals surface area contributed by atoms with Crippen LogP contribution < -0.4 is 0 Å². The summed E-state index contributed by atoms with van der Waals surface area (Å²) in [6.45, 7) is 3.08. The molecule has 2 aromatic rings. The molecule has 0 amide bonds. The molecule has 7 nitrogen and oxygen atoms in total. The van der Waals surface area contributed by atoms with Gasteiger partial charge in [-0.3, -0.25) is 0 Å². The maximum Gasteiger partial charge on any atom is 0.312 e. The fraction of sp³-hybridized carbons (Fsp3) is 0.478. The van der Waals surface area contributed by atoms with Crippen molar-refractivity contribution in [1.29, 1.82) is 0 Å². The highest BCUT2D eigenvalue weighted by Gasteiger charge is 2.58. The van der Waals surface area contributed by atoms with E-state index in [4.69, 9.17) is 33.2 Å². The third-order valence-corrected chi connectivity index (χ3v) is 6.22. The Balaban J connectivity index is 1.10. The molecular weight excluding hydrogens is 388 g/mol. The van der Waals surface area contributed by atoms with Crippen LogP contribution in [0.15, 0.2) is 60.7 Å². The molecule has 0 aliphatic carbocycles. The van der Waals surface area contributed by atoms with Gasteiger partial charge in [0.1, 0.15) is 5.60 Å². The van der Waals surface area contributed by atoms with Gasteiger partial charge in [0, 0.05) is 11.1 Å². The van der Waals surface area contributed by atoms with Crippen LogP contribution in [0.3, 0.4) is 0 Å². The molecule has 2 aromatic carbocycles. The Morgan fingerprint density at radius 3 is 1.40 bits per heavy atom.